The van der Waals surface area contributed by atoms with Crippen molar-refractivity contribution in [2.24, 2.45) is 0 Å². The molecule has 2 amide bonds. The highest BCUT2D eigenvalue weighted by molar-refractivity contribution is 5.91. The zero-order valence-corrected chi connectivity index (χ0v) is 16.4. The Morgan fingerprint density at radius 2 is 1.65 bits per heavy atom. The maximum atomic E-state index is 12.4. The van der Waals surface area contributed by atoms with Crippen molar-refractivity contribution < 1.29 is 4.79 Å². The predicted octanol–water partition coefficient (Wildman–Crippen LogP) is 4.77. The van der Waals surface area contributed by atoms with Gasteiger partial charge in [0.15, 0.2) is 0 Å². The van der Waals surface area contributed by atoms with Crippen LogP contribution in [0.4, 0.5) is 16.2 Å². The Labute approximate surface area is 157 Å². The van der Waals surface area contributed by atoms with Gasteiger partial charge >= 0.3 is 6.03 Å². The number of aryl methyl sites for hydroxylation is 3. The smallest absolute Gasteiger partial charge is 0.319 e. The van der Waals surface area contributed by atoms with Crippen LogP contribution < -0.4 is 15.5 Å². The molecule has 4 nitrogen and oxygen atoms in total. The summed E-state index contributed by atoms with van der Waals surface area (Å²) in [5, 5.41) is 6.04. The average Bonchev–Trinajstić information content (AvgIpc) is 2.65. The number of urea groups is 1. The van der Waals surface area contributed by atoms with E-state index in [1.807, 2.05) is 0 Å². The van der Waals surface area contributed by atoms with Crippen LogP contribution in [0, 0.1) is 6.92 Å². The number of carbonyl (C=O) groups is 1. The Bertz CT molecular complexity index is 705. The van der Waals surface area contributed by atoms with E-state index in [-0.39, 0.29) is 6.03 Å². The number of anilines is 2. The number of amides is 2. The maximum absolute atomic E-state index is 12.4. The van der Waals surface area contributed by atoms with E-state index in [4.69, 9.17) is 0 Å². The zero-order chi connectivity index (χ0) is 18.9. The van der Waals surface area contributed by atoms with Crippen molar-refractivity contribution in [2.45, 2.75) is 40.5 Å². The molecule has 4 heteroatoms. The van der Waals surface area contributed by atoms with Gasteiger partial charge in [0.25, 0.3) is 0 Å². The summed E-state index contributed by atoms with van der Waals surface area (Å²) in [6.45, 7) is 10.7. The molecule has 0 saturated heterocycles. The normalized spacial score (nSPS) is 10.5. The lowest BCUT2D eigenvalue weighted by atomic mass is 10.0. The van der Waals surface area contributed by atoms with Crippen LogP contribution in [0.3, 0.4) is 0 Å². The van der Waals surface area contributed by atoms with Gasteiger partial charge in [-0.05, 0) is 55.5 Å². The van der Waals surface area contributed by atoms with Crippen molar-refractivity contribution in [3.05, 3.63) is 59.2 Å². The maximum Gasteiger partial charge on any atom is 0.319 e. The minimum absolute atomic E-state index is 0.138. The van der Waals surface area contributed by atoms with E-state index >= 15 is 0 Å². The van der Waals surface area contributed by atoms with Gasteiger partial charge in [-0.15, -0.1) is 0 Å². The molecule has 0 atom stereocenters. The first kappa shape index (κ1) is 19.8. The molecule has 140 valence electrons. The van der Waals surface area contributed by atoms with Gasteiger partial charge in [0.1, 0.15) is 0 Å². The second kappa shape index (κ2) is 9.85. The van der Waals surface area contributed by atoms with Gasteiger partial charge in [0.2, 0.25) is 0 Å². The molecule has 2 rings (SSSR count). The average molecular weight is 354 g/mol. The molecular formula is C22H31N3O. The summed E-state index contributed by atoms with van der Waals surface area (Å²) in [4.78, 5) is 14.6. The molecule has 0 aliphatic carbocycles. The predicted molar refractivity (Wildman–Crippen MR) is 111 cm³/mol. The molecule has 0 radical (unpaired) electrons. The Kier molecular flexibility index (Phi) is 7.52. The Hall–Kier alpha value is -2.49. The minimum atomic E-state index is -0.138. The van der Waals surface area contributed by atoms with Crippen molar-refractivity contribution in [3.8, 4) is 0 Å². The molecular weight excluding hydrogens is 322 g/mol. The van der Waals surface area contributed by atoms with Crippen molar-refractivity contribution in [1.82, 2.24) is 5.32 Å². The third kappa shape index (κ3) is 5.25. The molecule has 2 aromatic rings. The van der Waals surface area contributed by atoms with Gasteiger partial charge in [-0.1, -0.05) is 44.2 Å². The van der Waals surface area contributed by atoms with Crippen LogP contribution in [0.2, 0.25) is 0 Å². The Morgan fingerprint density at radius 1 is 1.00 bits per heavy atom. The van der Waals surface area contributed by atoms with Crippen LogP contribution in [0.15, 0.2) is 42.5 Å². The monoisotopic (exact) mass is 353 g/mol. The van der Waals surface area contributed by atoms with Crippen LogP contribution >= 0.6 is 0 Å². The standard InChI is InChI=1S/C22H31N3O/c1-5-18-11-9-12-19(6-2)21(18)24-22(26)23-14-15-25(7-3)20-13-8-10-17(4)16-20/h8-13,16H,5-7,14-15H2,1-4H3,(H2,23,24,26). The quantitative estimate of drug-likeness (QED) is 0.718. The fourth-order valence-electron chi connectivity index (χ4n) is 3.16. The number of nitrogens with one attached hydrogen (secondary N) is 2. The second-order valence-electron chi connectivity index (χ2n) is 6.46. The highest BCUT2D eigenvalue weighted by atomic mass is 16.2. The highest BCUT2D eigenvalue weighted by Crippen LogP contribution is 2.22. The van der Waals surface area contributed by atoms with Crippen LogP contribution in [-0.2, 0) is 12.8 Å². The SMILES string of the molecule is CCc1cccc(CC)c1NC(=O)NCCN(CC)c1cccc(C)c1. The van der Waals surface area contributed by atoms with Gasteiger partial charge in [0, 0.05) is 31.0 Å². The van der Waals surface area contributed by atoms with E-state index < -0.39 is 0 Å². The number of nitrogens with zero attached hydrogens (tertiary/aromatic N) is 1. The number of likely N-dealkylation sites (N-methyl/N-ethyl adjacent to an activating group) is 1. The van der Waals surface area contributed by atoms with Gasteiger partial charge < -0.3 is 15.5 Å². The fraction of sp³-hybridized carbons (Fsp3) is 0.409. The van der Waals surface area contributed by atoms with Gasteiger partial charge in [-0.25, -0.2) is 4.79 Å². The number of benzene rings is 2. The van der Waals surface area contributed by atoms with E-state index in [9.17, 15) is 4.79 Å². The molecule has 0 fully saturated rings. The summed E-state index contributed by atoms with van der Waals surface area (Å²) in [6, 6.07) is 14.5. The van der Waals surface area contributed by atoms with Crippen LogP contribution in [0.1, 0.15) is 37.5 Å². The molecule has 2 N–H and O–H groups in total. The van der Waals surface area contributed by atoms with Crippen LogP contribution in [-0.4, -0.2) is 25.7 Å². The zero-order valence-electron chi connectivity index (χ0n) is 16.4. The highest BCUT2D eigenvalue weighted by Gasteiger charge is 2.10. The summed E-state index contributed by atoms with van der Waals surface area (Å²) in [5.41, 5.74) is 5.75. The minimum Gasteiger partial charge on any atom is -0.370 e. The summed E-state index contributed by atoms with van der Waals surface area (Å²) >= 11 is 0. The number of hydrogen-bond acceptors (Lipinski definition) is 2. The van der Waals surface area contributed by atoms with Crippen molar-refractivity contribution in [1.29, 1.82) is 0 Å². The lowest BCUT2D eigenvalue weighted by Crippen LogP contribution is -2.37. The van der Waals surface area contributed by atoms with Gasteiger partial charge in [0.05, 0.1) is 0 Å². The number of para-hydroxylation sites is 1. The molecule has 0 aliphatic rings. The van der Waals surface area contributed by atoms with E-state index in [1.54, 1.807) is 0 Å². The molecule has 0 bridgehead atoms. The first-order valence-electron chi connectivity index (χ1n) is 9.56. The van der Waals surface area contributed by atoms with Crippen molar-refractivity contribution in [2.75, 3.05) is 29.9 Å². The van der Waals surface area contributed by atoms with E-state index in [0.717, 1.165) is 31.6 Å². The van der Waals surface area contributed by atoms with E-state index in [2.05, 4.69) is 85.7 Å². The van der Waals surface area contributed by atoms with Crippen LogP contribution in [0.5, 0.6) is 0 Å². The number of hydrogen-bond donors (Lipinski definition) is 2. The lowest BCUT2D eigenvalue weighted by Gasteiger charge is -2.24. The Balaban J connectivity index is 1.93. The lowest BCUT2D eigenvalue weighted by molar-refractivity contribution is 0.252. The van der Waals surface area contributed by atoms with E-state index in [0.29, 0.717) is 6.54 Å². The third-order valence-electron chi connectivity index (χ3n) is 4.65. The van der Waals surface area contributed by atoms with Gasteiger partial charge in [-0.2, -0.15) is 0 Å². The first-order valence-corrected chi connectivity index (χ1v) is 9.56. The summed E-state index contributed by atoms with van der Waals surface area (Å²) in [6.07, 6.45) is 1.81. The molecule has 26 heavy (non-hydrogen) atoms. The fourth-order valence-corrected chi connectivity index (χ4v) is 3.16. The topological polar surface area (TPSA) is 44.4 Å². The molecule has 0 aliphatic heterocycles. The van der Waals surface area contributed by atoms with E-state index in [1.165, 1.54) is 22.4 Å². The largest absolute Gasteiger partial charge is 0.370 e. The molecule has 2 aromatic carbocycles. The van der Waals surface area contributed by atoms with Crippen molar-refractivity contribution in [3.63, 3.8) is 0 Å². The summed E-state index contributed by atoms with van der Waals surface area (Å²) in [7, 11) is 0. The Morgan fingerprint density at radius 3 is 2.23 bits per heavy atom. The molecule has 0 heterocycles. The van der Waals surface area contributed by atoms with Gasteiger partial charge in [-0.3, -0.25) is 0 Å². The summed E-state index contributed by atoms with van der Waals surface area (Å²) in [5.74, 6) is 0. The molecule has 0 saturated carbocycles. The molecule has 0 aromatic heterocycles. The molecule has 0 unspecified atom stereocenters. The second-order valence-corrected chi connectivity index (χ2v) is 6.46. The summed E-state index contributed by atoms with van der Waals surface area (Å²) < 4.78 is 0. The first-order chi connectivity index (χ1) is 12.6. The van der Waals surface area contributed by atoms with Crippen LogP contribution in [0.25, 0.3) is 0 Å². The van der Waals surface area contributed by atoms with Crippen molar-refractivity contribution >= 4 is 17.4 Å². The number of carbonyl (C=O) groups excluding carboxylic acids is 1. The molecule has 0 spiro atoms. The third-order valence-corrected chi connectivity index (χ3v) is 4.65. The number of rotatable bonds is 8.